The molecule has 0 bridgehead atoms. The molecule has 0 radical (unpaired) electrons. The van der Waals surface area contributed by atoms with Gasteiger partial charge >= 0.3 is 0 Å². The zero-order valence-corrected chi connectivity index (χ0v) is 14.3. The Balaban J connectivity index is 1.67. The molecule has 0 fully saturated rings. The molecular formula is C22H15N3O2. The van der Waals surface area contributed by atoms with Crippen LogP contribution in [0.2, 0.25) is 0 Å². The molecule has 0 aliphatic rings. The third-order valence-electron chi connectivity index (χ3n) is 3.81. The number of nitrogens with one attached hydrogen (secondary N) is 1. The minimum atomic E-state index is -0.300. The normalized spacial score (nSPS) is 9.70. The molecule has 3 aromatic rings. The van der Waals surface area contributed by atoms with Crippen molar-refractivity contribution < 1.29 is 9.53 Å². The first kappa shape index (κ1) is 17.7. The van der Waals surface area contributed by atoms with Crippen LogP contribution in [-0.4, -0.2) is 5.91 Å². The van der Waals surface area contributed by atoms with Crippen molar-refractivity contribution in [3.8, 4) is 17.9 Å². The van der Waals surface area contributed by atoms with E-state index in [1.54, 1.807) is 54.6 Å². The maximum atomic E-state index is 12.4. The Kier molecular flexibility index (Phi) is 5.47. The van der Waals surface area contributed by atoms with Gasteiger partial charge in [-0.1, -0.05) is 24.3 Å². The van der Waals surface area contributed by atoms with Crippen molar-refractivity contribution in [3.63, 3.8) is 0 Å². The Bertz CT molecular complexity index is 1060. The molecule has 0 atom stereocenters. The highest BCUT2D eigenvalue weighted by atomic mass is 16.5. The number of amides is 1. The summed E-state index contributed by atoms with van der Waals surface area (Å²) in [7, 11) is 0. The van der Waals surface area contributed by atoms with E-state index in [1.165, 1.54) is 6.07 Å². The predicted molar refractivity (Wildman–Crippen MR) is 101 cm³/mol. The molecule has 3 aromatic carbocycles. The zero-order chi connectivity index (χ0) is 19.1. The first-order valence-corrected chi connectivity index (χ1v) is 8.21. The minimum absolute atomic E-state index is 0.300. The van der Waals surface area contributed by atoms with Gasteiger partial charge in [-0.15, -0.1) is 0 Å². The van der Waals surface area contributed by atoms with Crippen LogP contribution in [0.15, 0.2) is 72.8 Å². The van der Waals surface area contributed by atoms with E-state index in [0.29, 0.717) is 34.7 Å². The lowest BCUT2D eigenvalue weighted by Crippen LogP contribution is -2.12. The van der Waals surface area contributed by atoms with Crippen molar-refractivity contribution in [3.05, 3.63) is 95.1 Å². The van der Waals surface area contributed by atoms with Crippen molar-refractivity contribution in [1.82, 2.24) is 0 Å². The Hall–Kier alpha value is -4.09. The zero-order valence-electron chi connectivity index (χ0n) is 14.3. The molecular weight excluding hydrogens is 338 g/mol. The molecule has 0 unspecified atom stereocenters. The Labute approximate surface area is 157 Å². The van der Waals surface area contributed by atoms with E-state index in [9.17, 15) is 4.79 Å². The second-order valence-corrected chi connectivity index (χ2v) is 5.78. The van der Waals surface area contributed by atoms with Gasteiger partial charge in [-0.2, -0.15) is 10.5 Å². The number of nitrogens with zero attached hydrogens (tertiary/aromatic N) is 2. The molecule has 0 saturated heterocycles. The highest BCUT2D eigenvalue weighted by Gasteiger charge is 2.07. The summed E-state index contributed by atoms with van der Waals surface area (Å²) >= 11 is 0. The third-order valence-corrected chi connectivity index (χ3v) is 3.81. The number of carbonyl (C=O) groups excluding carboxylic acids is 1. The summed E-state index contributed by atoms with van der Waals surface area (Å²) in [6.07, 6.45) is 0. The van der Waals surface area contributed by atoms with Crippen molar-refractivity contribution in [2.45, 2.75) is 6.61 Å². The van der Waals surface area contributed by atoms with E-state index in [-0.39, 0.29) is 5.91 Å². The molecule has 0 heterocycles. The van der Waals surface area contributed by atoms with Crippen LogP contribution in [0.3, 0.4) is 0 Å². The van der Waals surface area contributed by atoms with Crippen LogP contribution in [0, 0.1) is 22.7 Å². The van der Waals surface area contributed by atoms with Gasteiger partial charge in [-0.25, -0.2) is 0 Å². The van der Waals surface area contributed by atoms with Crippen molar-refractivity contribution in [2.24, 2.45) is 0 Å². The summed E-state index contributed by atoms with van der Waals surface area (Å²) in [5.74, 6) is 0.298. The van der Waals surface area contributed by atoms with Gasteiger partial charge in [0, 0.05) is 17.3 Å². The third kappa shape index (κ3) is 4.72. The summed E-state index contributed by atoms with van der Waals surface area (Å²) in [4.78, 5) is 12.4. The molecule has 27 heavy (non-hydrogen) atoms. The fourth-order valence-corrected chi connectivity index (χ4v) is 2.49. The number of hydrogen-bond acceptors (Lipinski definition) is 4. The Morgan fingerprint density at radius 3 is 2.37 bits per heavy atom. The molecule has 1 N–H and O–H groups in total. The second-order valence-electron chi connectivity index (χ2n) is 5.78. The summed E-state index contributed by atoms with van der Waals surface area (Å²) in [6.45, 7) is 0.317. The topological polar surface area (TPSA) is 85.9 Å². The number of carbonyl (C=O) groups is 1. The first-order valence-electron chi connectivity index (χ1n) is 8.21. The predicted octanol–water partition coefficient (Wildman–Crippen LogP) is 4.26. The Morgan fingerprint density at radius 1 is 0.889 bits per heavy atom. The van der Waals surface area contributed by atoms with Gasteiger partial charge in [-0.05, 0) is 48.0 Å². The van der Waals surface area contributed by atoms with Crippen LogP contribution in [-0.2, 0) is 6.61 Å². The second kappa shape index (κ2) is 8.33. The number of hydrogen-bond donors (Lipinski definition) is 1. The number of ether oxygens (including phenoxy) is 1. The van der Waals surface area contributed by atoms with Gasteiger partial charge in [0.2, 0.25) is 0 Å². The summed E-state index contributed by atoms with van der Waals surface area (Å²) in [5, 5.41) is 20.7. The van der Waals surface area contributed by atoms with Crippen LogP contribution in [0.4, 0.5) is 5.69 Å². The smallest absolute Gasteiger partial charge is 0.255 e. The lowest BCUT2D eigenvalue weighted by Gasteiger charge is -2.10. The van der Waals surface area contributed by atoms with Crippen molar-refractivity contribution in [1.29, 1.82) is 10.5 Å². The highest BCUT2D eigenvalue weighted by Crippen LogP contribution is 2.20. The van der Waals surface area contributed by atoms with Gasteiger partial charge in [0.25, 0.3) is 5.91 Å². The molecule has 1 amide bonds. The van der Waals surface area contributed by atoms with E-state index in [4.69, 9.17) is 15.3 Å². The average Bonchev–Trinajstić information content (AvgIpc) is 2.72. The average molecular weight is 353 g/mol. The number of benzene rings is 3. The summed E-state index contributed by atoms with van der Waals surface area (Å²) in [6, 6.07) is 24.9. The van der Waals surface area contributed by atoms with Gasteiger partial charge in [0.15, 0.2) is 0 Å². The minimum Gasteiger partial charge on any atom is -0.489 e. The fraction of sp³-hybridized carbons (Fsp3) is 0.0455. The van der Waals surface area contributed by atoms with E-state index < -0.39 is 0 Å². The van der Waals surface area contributed by atoms with Crippen LogP contribution < -0.4 is 10.1 Å². The maximum Gasteiger partial charge on any atom is 0.255 e. The van der Waals surface area contributed by atoms with E-state index in [0.717, 1.165) is 5.56 Å². The van der Waals surface area contributed by atoms with E-state index >= 15 is 0 Å². The molecule has 0 aliphatic carbocycles. The van der Waals surface area contributed by atoms with Crippen LogP contribution in [0.5, 0.6) is 5.75 Å². The van der Waals surface area contributed by atoms with Gasteiger partial charge in [-0.3, -0.25) is 4.79 Å². The molecule has 0 saturated carbocycles. The Morgan fingerprint density at radius 2 is 1.59 bits per heavy atom. The monoisotopic (exact) mass is 353 g/mol. The molecule has 130 valence electrons. The van der Waals surface area contributed by atoms with Crippen LogP contribution in [0.1, 0.15) is 27.0 Å². The maximum absolute atomic E-state index is 12.4. The lowest BCUT2D eigenvalue weighted by atomic mass is 10.1. The fourth-order valence-electron chi connectivity index (χ4n) is 2.49. The summed E-state index contributed by atoms with van der Waals surface area (Å²) < 4.78 is 5.75. The molecule has 3 rings (SSSR count). The van der Waals surface area contributed by atoms with Crippen molar-refractivity contribution in [2.75, 3.05) is 5.32 Å². The van der Waals surface area contributed by atoms with Crippen molar-refractivity contribution >= 4 is 11.6 Å². The van der Waals surface area contributed by atoms with Gasteiger partial charge in [0.05, 0.1) is 23.3 Å². The molecule has 0 spiro atoms. The number of anilines is 1. The molecule has 0 aliphatic heterocycles. The molecule has 5 nitrogen and oxygen atoms in total. The molecule has 0 aromatic heterocycles. The quantitative estimate of drug-likeness (QED) is 0.742. The van der Waals surface area contributed by atoms with Gasteiger partial charge < -0.3 is 10.1 Å². The highest BCUT2D eigenvalue weighted by molar-refractivity contribution is 6.04. The number of nitriles is 2. The molecule has 5 heteroatoms. The largest absolute Gasteiger partial charge is 0.489 e. The number of rotatable bonds is 5. The standard InChI is InChI=1S/C22H15N3O2/c23-13-16-4-1-6-18(10-16)15-27-21-9-3-8-20(12-21)25-22(26)19-7-2-5-17(11-19)14-24/h1-12H,15H2,(H,25,26). The van der Waals surface area contributed by atoms with E-state index in [1.807, 2.05) is 18.2 Å². The van der Waals surface area contributed by atoms with E-state index in [2.05, 4.69) is 11.4 Å². The SMILES string of the molecule is N#Cc1cccc(COc2cccc(NC(=O)c3cccc(C#N)c3)c2)c1. The van der Waals surface area contributed by atoms with Gasteiger partial charge in [0.1, 0.15) is 12.4 Å². The lowest BCUT2D eigenvalue weighted by molar-refractivity contribution is 0.102. The van der Waals surface area contributed by atoms with Crippen LogP contribution in [0.25, 0.3) is 0 Å². The van der Waals surface area contributed by atoms with Crippen LogP contribution >= 0.6 is 0 Å². The summed E-state index contributed by atoms with van der Waals surface area (Å²) in [5.41, 5.74) is 2.90. The first-order chi connectivity index (χ1) is 13.2.